The summed E-state index contributed by atoms with van der Waals surface area (Å²) < 4.78 is 0. The molecule has 0 saturated carbocycles. The summed E-state index contributed by atoms with van der Waals surface area (Å²) in [4.78, 5) is 4.76. The predicted octanol–water partition coefficient (Wildman–Crippen LogP) is 2.00. The van der Waals surface area contributed by atoms with Crippen LogP contribution in [0.2, 0.25) is 0 Å². The first-order chi connectivity index (χ1) is 7.27. The lowest BCUT2D eigenvalue weighted by Crippen LogP contribution is -2.35. The van der Waals surface area contributed by atoms with Gasteiger partial charge in [-0.3, -0.25) is 0 Å². The Morgan fingerprint density at radius 3 is 2.87 bits per heavy atom. The van der Waals surface area contributed by atoms with Gasteiger partial charge in [0.15, 0.2) is 0 Å². The molecule has 1 aliphatic rings. The van der Waals surface area contributed by atoms with Crippen LogP contribution in [0.5, 0.6) is 0 Å². The van der Waals surface area contributed by atoms with Crippen molar-refractivity contribution in [3.63, 3.8) is 0 Å². The van der Waals surface area contributed by atoms with Gasteiger partial charge in [-0.2, -0.15) is 0 Å². The van der Waals surface area contributed by atoms with Gasteiger partial charge >= 0.3 is 0 Å². The minimum absolute atomic E-state index is 1.13. The maximum absolute atomic E-state index is 2.51. The molecule has 2 rings (SSSR count). The summed E-state index contributed by atoms with van der Waals surface area (Å²) in [6, 6.07) is 8.81. The fourth-order valence-electron chi connectivity index (χ4n) is 2.16. The van der Waals surface area contributed by atoms with Crippen LogP contribution in [0.1, 0.15) is 12.0 Å². The Morgan fingerprint density at radius 2 is 2.07 bits per heavy atom. The molecule has 1 aromatic rings. The molecule has 0 radical (unpaired) electrons. The van der Waals surface area contributed by atoms with Gasteiger partial charge in [0.25, 0.3) is 0 Å². The Morgan fingerprint density at radius 1 is 1.27 bits per heavy atom. The molecule has 0 N–H and O–H groups in total. The third-order valence-corrected chi connectivity index (χ3v) is 3.02. The van der Waals surface area contributed by atoms with Gasteiger partial charge in [0.1, 0.15) is 0 Å². The maximum Gasteiger partial charge on any atom is 0.0399 e. The van der Waals surface area contributed by atoms with Crippen LogP contribution in [0.15, 0.2) is 24.3 Å². The number of nitrogens with zero attached hydrogens (tertiary/aromatic N) is 2. The van der Waals surface area contributed by atoms with E-state index in [0.717, 1.165) is 13.1 Å². The minimum atomic E-state index is 1.13. The number of hydrogen-bond acceptors (Lipinski definition) is 2. The smallest absolute Gasteiger partial charge is 0.0399 e. The van der Waals surface area contributed by atoms with Crippen LogP contribution in [-0.2, 0) is 6.42 Å². The Labute approximate surface area is 92.5 Å². The number of aryl methyl sites for hydroxylation is 1. The van der Waals surface area contributed by atoms with Crippen molar-refractivity contribution in [2.45, 2.75) is 12.8 Å². The third-order valence-electron chi connectivity index (χ3n) is 3.02. The fraction of sp³-hybridized carbons (Fsp3) is 0.538. The monoisotopic (exact) mass is 204 g/mol. The second-order valence-electron chi connectivity index (χ2n) is 4.52. The third kappa shape index (κ3) is 2.51. The van der Waals surface area contributed by atoms with E-state index in [1.54, 1.807) is 0 Å². The van der Waals surface area contributed by atoms with Crippen molar-refractivity contribution in [1.29, 1.82) is 0 Å². The highest BCUT2D eigenvalue weighted by atomic mass is 15.2. The summed E-state index contributed by atoms with van der Waals surface area (Å²) in [5.41, 5.74) is 2.97. The standard InChI is InChI=1S/C13H20N2/c1-14(2)10-11-15-9-5-7-12-6-3-4-8-13(12)15/h3-4,6,8H,5,7,9-11H2,1-2H3. The average Bonchev–Trinajstić information content (AvgIpc) is 2.26. The molecular formula is C13H20N2. The molecule has 2 nitrogen and oxygen atoms in total. The van der Waals surface area contributed by atoms with Crippen molar-refractivity contribution in [2.24, 2.45) is 0 Å². The molecule has 1 heterocycles. The van der Waals surface area contributed by atoms with Crippen LogP contribution in [0.3, 0.4) is 0 Å². The SMILES string of the molecule is CN(C)CCN1CCCc2ccccc21. The normalized spacial score (nSPS) is 15.5. The Bertz CT molecular complexity index is 320. The van der Waals surface area contributed by atoms with Gasteiger partial charge in [0.2, 0.25) is 0 Å². The van der Waals surface area contributed by atoms with Crippen LogP contribution >= 0.6 is 0 Å². The number of para-hydroxylation sites is 1. The van der Waals surface area contributed by atoms with E-state index < -0.39 is 0 Å². The summed E-state index contributed by atoms with van der Waals surface area (Å²) in [6.45, 7) is 3.49. The summed E-state index contributed by atoms with van der Waals surface area (Å²) in [7, 11) is 4.27. The van der Waals surface area contributed by atoms with E-state index in [-0.39, 0.29) is 0 Å². The van der Waals surface area contributed by atoms with Crippen LogP contribution in [0.4, 0.5) is 5.69 Å². The molecule has 82 valence electrons. The van der Waals surface area contributed by atoms with Crippen molar-refractivity contribution in [3.05, 3.63) is 29.8 Å². The predicted molar refractivity (Wildman–Crippen MR) is 65.5 cm³/mol. The molecule has 1 aromatic carbocycles. The summed E-state index contributed by atoms with van der Waals surface area (Å²) in [6.07, 6.45) is 2.54. The molecule has 0 unspecified atom stereocenters. The number of rotatable bonds is 3. The van der Waals surface area contributed by atoms with Gasteiger partial charge in [-0.05, 0) is 38.6 Å². The molecule has 1 aliphatic heterocycles. The molecular weight excluding hydrogens is 184 g/mol. The lowest BCUT2D eigenvalue weighted by atomic mass is 10.0. The zero-order chi connectivity index (χ0) is 10.7. The van der Waals surface area contributed by atoms with Crippen molar-refractivity contribution in [3.8, 4) is 0 Å². The topological polar surface area (TPSA) is 6.48 Å². The molecule has 0 aliphatic carbocycles. The molecule has 15 heavy (non-hydrogen) atoms. The fourth-order valence-corrected chi connectivity index (χ4v) is 2.16. The molecule has 0 fully saturated rings. The van der Waals surface area contributed by atoms with Crippen molar-refractivity contribution >= 4 is 5.69 Å². The van der Waals surface area contributed by atoms with Crippen LogP contribution in [0.25, 0.3) is 0 Å². The minimum Gasteiger partial charge on any atom is -0.370 e. The van der Waals surface area contributed by atoms with Crippen LogP contribution in [-0.4, -0.2) is 38.6 Å². The van der Waals surface area contributed by atoms with Crippen molar-refractivity contribution in [2.75, 3.05) is 38.6 Å². The molecule has 0 spiro atoms. The van der Waals surface area contributed by atoms with E-state index in [9.17, 15) is 0 Å². The number of fused-ring (bicyclic) bond motifs is 1. The van der Waals surface area contributed by atoms with E-state index in [1.165, 1.54) is 30.6 Å². The molecule has 0 atom stereocenters. The maximum atomic E-state index is 2.51. The molecule has 0 bridgehead atoms. The highest BCUT2D eigenvalue weighted by molar-refractivity contribution is 5.55. The second kappa shape index (κ2) is 4.67. The van der Waals surface area contributed by atoms with Gasteiger partial charge in [-0.15, -0.1) is 0 Å². The highest BCUT2D eigenvalue weighted by Crippen LogP contribution is 2.26. The number of likely N-dealkylation sites (N-methyl/N-ethyl adjacent to an activating group) is 1. The zero-order valence-electron chi connectivity index (χ0n) is 9.74. The number of hydrogen-bond donors (Lipinski definition) is 0. The Hall–Kier alpha value is -1.02. The average molecular weight is 204 g/mol. The Balaban J connectivity index is 2.08. The largest absolute Gasteiger partial charge is 0.370 e. The summed E-state index contributed by atoms with van der Waals surface area (Å²) >= 11 is 0. The van der Waals surface area contributed by atoms with E-state index in [0.29, 0.717) is 0 Å². The molecule has 0 saturated heterocycles. The van der Waals surface area contributed by atoms with E-state index in [4.69, 9.17) is 0 Å². The lowest BCUT2D eigenvalue weighted by Gasteiger charge is -2.32. The first-order valence-corrected chi connectivity index (χ1v) is 5.75. The van der Waals surface area contributed by atoms with Crippen LogP contribution in [0, 0.1) is 0 Å². The van der Waals surface area contributed by atoms with Crippen LogP contribution < -0.4 is 4.90 Å². The van der Waals surface area contributed by atoms with Gasteiger partial charge in [0, 0.05) is 25.3 Å². The van der Waals surface area contributed by atoms with E-state index in [2.05, 4.69) is 48.2 Å². The van der Waals surface area contributed by atoms with Gasteiger partial charge < -0.3 is 9.80 Å². The zero-order valence-corrected chi connectivity index (χ0v) is 9.74. The van der Waals surface area contributed by atoms with Crippen molar-refractivity contribution in [1.82, 2.24) is 4.90 Å². The lowest BCUT2D eigenvalue weighted by molar-refractivity contribution is 0.411. The quantitative estimate of drug-likeness (QED) is 0.743. The summed E-state index contributed by atoms with van der Waals surface area (Å²) in [5, 5.41) is 0. The first kappa shape index (κ1) is 10.5. The van der Waals surface area contributed by atoms with E-state index in [1.807, 2.05) is 0 Å². The molecule has 0 amide bonds. The molecule has 2 heteroatoms. The van der Waals surface area contributed by atoms with Gasteiger partial charge in [-0.1, -0.05) is 18.2 Å². The number of benzene rings is 1. The molecule has 0 aromatic heterocycles. The van der Waals surface area contributed by atoms with Gasteiger partial charge in [0.05, 0.1) is 0 Å². The van der Waals surface area contributed by atoms with Crippen molar-refractivity contribution < 1.29 is 0 Å². The Kier molecular flexibility index (Phi) is 3.27. The second-order valence-corrected chi connectivity index (χ2v) is 4.52. The van der Waals surface area contributed by atoms with Gasteiger partial charge in [-0.25, -0.2) is 0 Å². The highest BCUT2D eigenvalue weighted by Gasteiger charge is 2.15. The van der Waals surface area contributed by atoms with E-state index >= 15 is 0 Å². The number of anilines is 1. The first-order valence-electron chi connectivity index (χ1n) is 5.75. The summed E-state index contributed by atoms with van der Waals surface area (Å²) in [5.74, 6) is 0.